The second kappa shape index (κ2) is 4.93. The predicted octanol–water partition coefficient (Wildman–Crippen LogP) is 2.34. The molecule has 20 heavy (non-hydrogen) atoms. The van der Waals surface area contributed by atoms with Crippen molar-refractivity contribution in [3.05, 3.63) is 40.3 Å². The van der Waals surface area contributed by atoms with Crippen molar-refractivity contribution < 1.29 is 9.90 Å². The van der Waals surface area contributed by atoms with Gasteiger partial charge in [-0.2, -0.15) is 16.4 Å². The van der Waals surface area contributed by atoms with E-state index in [1.54, 1.807) is 29.3 Å². The summed E-state index contributed by atoms with van der Waals surface area (Å²) in [6.07, 6.45) is 2.99. The summed E-state index contributed by atoms with van der Waals surface area (Å²) in [7, 11) is 1.78. The number of aromatic nitrogens is 3. The molecule has 3 aromatic rings. The number of carboxylic acids is 1. The molecule has 7 heteroatoms. The van der Waals surface area contributed by atoms with Crippen LogP contribution in [0.15, 0.2) is 29.2 Å². The average Bonchev–Trinajstić information content (AvgIpc) is 3.06. The van der Waals surface area contributed by atoms with Gasteiger partial charge in [0.2, 0.25) is 0 Å². The van der Waals surface area contributed by atoms with Crippen LogP contribution in [-0.4, -0.2) is 25.8 Å². The molecule has 0 fully saturated rings. The van der Waals surface area contributed by atoms with Gasteiger partial charge in [-0.25, -0.2) is 9.78 Å². The van der Waals surface area contributed by atoms with Gasteiger partial charge in [-0.1, -0.05) is 0 Å². The highest BCUT2D eigenvalue weighted by atomic mass is 32.1. The van der Waals surface area contributed by atoms with Crippen LogP contribution >= 0.6 is 11.3 Å². The van der Waals surface area contributed by atoms with E-state index in [9.17, 15) is 9.90 Å². The van der Waals surface area contributed by atoms with Crippen molar-refractivity contribution >= 4 is 34.0 Å². The lowest BCUT2D eigenvalue weighted by molar-refractivity contribution is 0.0697. The van der Waals surface area contributed by atoms with Crippen LogP contribution in [0.3, 0.4) is 0 Å². The topological polar surface area (TPSA) is 80.0 Å². The Bertz CT molecular complexity index is 764. The van der Waals surface area contributed by atoms with Crippen molar-refractivity contribution in [1.82, 2.24) is 14.8 Å². The number of aryl methyl sites for hydroxylation is 1. The zero-order chi connectivity index (χ0) is 14.1. The Morgan fingerprint density at radius 2 is 2.35 bits per heavy atom. The van der Waals surface area contributed by atoms with Crippen LogP contribution in [0.4, 0.5) is 5.69 Å². The van der Waals surface area contributed by atoms with Gasteiger partial charge in [-0.05, 0) is 22.4 Å². The van der Waals surface area contributed by atoms with Gasteiger partial charge in [0.05, 0.1) is 17.3 Å². The summed E-state index contributed by atoms with van der Waals surface area (Å²) in [5.74, 6) is -1.00. The van der Waals surface area contributed by atoms with Crippen molar-refractivity contribution in [2.24, 2.45) is 7.05 Å². The van der Waals surface area contributed by atoms with Gasteiger partial charge < -0.3 is 10.4 Å². The number of hydrogen-bond acceptors (Lipinski definition) is 5. The Kier molecular flexibility index (Phi) is 3.11. The third-order valence-corrected chi connectivity index (χ3v) is 3.77. The minimum atomic E-state index is -1.00. The number of nitrogens with zero attached hydrogens (tertiary/aromatic N) is 3. The summed E-state index contributed by atoms with van der Waals surface area (Å²) in [6.45, 7) is 0.567. The molecular weight excluding hydrogens is 276 g/mol. The maximum absolute atomic E-state index is 11.3. The van der Waals surface area contributed by atoms with Crippen molar-refractivity contribution in [2.45, 2.75) is 6.54 Å². The number of thiophene rings is 1. The van der Waals surface area contributed by atoms with Crippen LogP contribution in [0.1, 0.15) is 15.9 Å². The number of carboxylic acid groups (broad SMARTS) is 1. The first-order valence-corrected chi connectivity index (χ1v) is 6.90. The molecule has 0 bridgehead atoms. The second-order valence-electron chi connectivity index (χ2n) is 4.34. The minimum absolute atomic E-state index is 0.153. The molecule has 0 atom stereocenters. The summed E-state index contributed by atoms with van der Waals surface area (Å²) in [5.41, 5.74) is 2.48. The van der Waals surface area contributed by atoms with Crippen molar-refractivity contribution in [1.29, 1.82) is 0 Å². The Balaban J connectivity index is 2.05. The van der Waals surface area contributed by atoms with E-state index in [4.69, 9.17) is 0 Å². The third-order valence-electron chi connectivity index (χ3n) is 3.04. The van der Waals surface area contributed by atoms with Crippen molar-refractivity contribution in [3.63, 3.8) is 0 Å². The van der Waals surface area contributed by atoms with Crippen LogP contribution in [0.2, 0.25) is 0 Å². The molecule has 0 radical (unpaired) electrons. The number of rotatable bonds is 4. The van der Waals surface area contributed by atoms with Crippen LogP contribution < -0.4 is 5.32 Å². The van der Waals surface area contributed by atoms with Gasteiger partial charge in [0.1, 0.15) is 5.56 Å². The number of nitrogens with one attached hydrogen (secondary N) is 1. The summed E-state index contributed by atoms with van der Waals surface area (Å²) >= 11 is 1.61. The summed E-state index contributed by atoms with van der Waals surface area (Å²) in [4.78, 5) is 15.5. The number of hydrogen-bond donors (Lipinski definition) is 2. The monoisotopic (exact) mass is 288 g/mol. The van der Waals surface area contributed by atoms with E-state index in [-0.39, 0.29) is 5.56 Å². The summed E-state index contributed by atoms with van der Waals surface area (Å²) in [5, 5.41) is 21.3. The molecule has 102 valence electrons. The first-order valence-electron chi connectivity index (χ1n) is 5.96. The molecular formula is C13H12N4O2S. The maximum Gasteiger partial charge on any atom is 0.339 e. The van der Waals surface area contributed by atoms with E-state index in [0.29, 0.717) is 23.3 Å². The summed E-state index contributed by atoms with van der Waals surface area (Å²) < 4.78 is 1.62. The molecule has 0 aliphatic carbocycles. The zero-order valence-corrected chi connectivity index (χ0v) is 11.5. The predicted molar refractivity (Wildman–Crippen MR) is 77.1 cm³/mol. The van der Waals surface area contributed by atoms with Gasteiger partial charge in [0.15, 0.2) is 5.65 Å². The average molecular weight is 288 g/mol. The van der Waals surface area contributed by atoms with E-state index in [1.807, 2.05) is 16.8 Å². The fourth-order valence-electron chi connectivity index (χ4n) is 2.03. The normalized spacial score (nSPS) is 10.8. The Morgan fingerprint density at radius 3 is 3.05 bits per heavy atom. The van der Waals surface area contributed by atoms with Crippen LogP contribution in [0.5, 0.6) is 0 Å². The first-order chi connectivity index (χ1) is 9.66. The van der Waals surface area contributed by atoms with E-state index < -0.39 is 5.97 Å². The van der Waals surface area contributed by atoms with Gasteiger partial charge in [0, 0.05) is 19.8 Å². The standard InChI is InChI=1S/C13H12N4O2S/c1-17-12-9(6-16-17)11(10(5-15-12)13(18)19)14-4-8-2-3-20-7-8/h2-3,5-7H,4H2,1H3,(H,14,15)(H,18,19). The van der Waals surface area contributed by atoms with E-state index >= 15 is 0 Å². The van der Waals surface area contributed by atoms with Gasteiger partial charge in [-0.15, -0.1) is 0 Å². The van der Waals surface area contributed by atoms with Crippen molar-refractivity contribution in [3.8, 4) is 0 Å². The number of carbonyl (C=O) groups is 1. The lowest BCUT2D eigenvalue weighted by Crippen LogP contribution is -2.07. The van der Waals surface area contributed by atoms with Crippen LogP contribution in [-0.2, 0) is 13.6 Å². The van der Waals surface area contributed by atoms with E-state index in [1.165, 1.54) is 6.20 Å². The maximum atomic E-state index is 11.3. The largest absolute Gasteiger partial charge is 0.478 e. The van der Waals surface area contributed by atoms with Gasteiger partial charge >= 0.3 is 5.97 Å². The SMILES string of the molecule is Cn1ncc2c(NCc3ccsc3)c(C(=O)O)cnc21. The van der Waals surface area contributed by atoms with E-state index in [0.717, 1.165) is 5.56 Å². The molecule has 0 amide bonds. The molecule has 2 N–H and O–H groups in total. The first kappa shape index (κ1) is 12.6. The molecule has 0 spiro atoms. The Hall–Kier alpha value is -2.41. The highest BCUT2D eigenvalue weighted by Crippen LogP contribution is 2.26. The Morgan fingerprint density at radius 1 is 1.50 bits per heavy atom. The number of fused-ring (bicyclic) bond motifs is 1. The van der Waals surface area contributed by atoms with Gasteiger partial charge in [0.25, 0.3) is 0 Å². The fraction of sp³-hybridized carbons (Fsp3) is 0.154. The molecule has 3 rings (SSSR count). The molecule has 0 unspecified atom stereocenters. The Labute approximate surface area is 118 Å². The highest BCUT2D eigenvalue weighted by Gasteiger charge is 2.16. The van der Waals surface area contributed by atoms with E-state index in [2.05, 4.69) is 15.4 Å². The molecule has 0 saturated carbocycles. The minimum Gasteiger partial charge on any atom is -0.478 e. The quantitative estimate of drug-likeness (QED) is 0.770. The molecule has 0 aromatic carbocycles. The molecule has 0 aliphatic heterocycles. The highest BCUT2D eigenvalue weighted by molar-refractivity contribution is 7.07. The molecule has 0 aliphatic rings. The lowest BCUT2D eigenvalue weighted by atomic mass is 10.1. The second-order valence-corrected chi connectivity index (χ2v) is 5.12. The van der Waals surface area contributed by atoms with Gasteiger partial charge in [-0.3, -0.25) is 4.68 Å². The molecule has 3 heterocycles. The number of anilines is 1. The van der Waals surface area contributed by atoms with Crippen molar-refractivity contribution in [2.75, 3.05) is 5.32 Å². The smallest absolute Gasteiger partial charge is 0.339 e. The number of pyridine rings is 1. The molecule has 3 aromatic heterocycles. The molecule has 0 saturated heterocycles. The van der Waals surface area contributed by atoms with Crippen LogP contribution in [0.25, 0.3) is 11.0 Å². The lowest BCUT2D eigenvalue weighted by Gasteiger charge is -2.10. The third kappa shape index (κ3) is 2.12. The zero-order valence-electron chi connectivity index (χ0n) is 10.7. The number of aromatic carboxylic acids is 1. The summed E-state index contributed by atoms with van der Waals surface area (Å²) in [6, 6.07) is 2.00. The van der Waals surface area contributed by atoms with Crippen LogP contribution in [0, 0.1) is 0 Å². The molecule has 6 nitrogen and oxygen atoms in total. The fourth-order valence-corrected chi connectivity index (χ4v) is 2.70.